The molecule has 3 rings (SSSR count). The lowest BCUT2D eigenvalue weighted by Gasteiger charge is -2.28. The first kappa shape index (κ1) is 23.0. The van der Waals surface area contributed by atoms with E-state index in [2.05, 4.69) is 20.1 Å². The van der Waals surface area contributed by atoms with E-state index in [9.17, 15) is 21.6 Å². The normalized spacial score (nSPS) is 15.2. The van der Waals surface area contributed by atoms with E-state index in [1.165, 1.54) is 12.3 Å². The van der Waals surface area contributed by atoms with E-state index in [1.54, 1.807) is 29.0 Å². The molecule has 0 bridgehead atoms. The molecule has 0 saturated heterocycles. The van der Waals surface area contributed by atoms with Crippen molar-refractivity contribution in [2.45, 2.75) is 38.6 Å². The van der Waals surface area contributed by atoms with Crippen LogP contribution in [0.3, 0.4) is 0 Å². The van der Waals surface area contributed by atoms with Gasteiger partial charge in [-0.15, -0.1) is 10.2 Å². The number of aryl methyl sites for hydroxylation is 1. The number of azo groups is 1. The van der Waals surface area contributed by atoms with Gasteiger partial charge in [0.2, 0.25) is 0 Å². The number of pyridine rings is 1. The smallest absolute Gasteiger partial charge is 0.371 e. The molecule has 0 unspecified atom stereocenters. The summed E-state index contributed by atoms with van der Waals surface area (Å²) in [5.41, 5.74) is -4.12. The summed E-state index contributed by atoms with van der Waals surface area (Å²) in [5, 5.41) is 7.97. The summed E-state index contributed by atoms with van der Waals surface area (Å²) < 4.78 is 64.4. The number of nitrogens with zero attached hydrogens (tertiary/aromatic N) is 4. The molecule has 31 heavy (non-hydrogen) atoms. The van der Waals surface area contributed by atoms with Crippen molar-refractivity contribution < 1.29 is 21.6 Å². The number of rotatable bonds is 6. The van der Waals surface area contributed by atoms with E-state index in [1.807, 2.05) is 13.8 Å². The molecule has 1 N–H and O–H groups in total. The van der Waals surface area contributed by atoms with Crippen LogP contribution in [0.15, 0.2) is 46.8 Å². The maximum Gasteiger partial charge on any atom is 0.516 e. The van der Waals surface area contributed by atoms with E-state index < -0.39 is 15.5 Å². The third-order valence-electron chi connectivity index (χ3n) is 4.71. The SMILES string of the molecule is CC(C)CN1CCCCc2cc(N=Nc3ccccn3)c(NS(=O)(=O)C(F)(F)F)cc21. The molecule has 0 saturated carbocycles. The number of fused-ring (bicyclic) bond motifs is 1. The van der Waals surface area contributed by atoms with Crippen LogP contribution >= 0.6 is 0 Å². The van der Waals surface area contributed by atoms with Gasteiger partial charge in [-0.2, -0.15) is 21.6 Å². The Morgan fingerprint density at radius 1 is 1.19 bits per heavy atom. The minimum atomic E-state index is -5.62. The van der Waals surface area contributed by atoms with Gasteiger partial charge in [-0.1, -0.05) is 19.9 Å². The molecule has 1 aromatic heterocycles. The fraction of sp³-hybridized carbons (Fsp3) is 0.450. The Morgan fingerprint density at radius 2 is 1.97 bits per heavy atom. The van der Waals surface area contributed by atoms with Gasteiger partial charge in [0.05, 0.1) is 5.69 Å². The van der Waals surface area contributed by atoms with E-state index in [4.69, 9.17) is 0 Å². The number of nitrogens with one attached hydrogen (secondary N) is 1. The van der Waals surface area contributed by atoms with Crippen LogP contribution in [0.2, 0.25) is 0 Å². The number of sulfonamides is 1. The maximum atomic E-state index is 13.0. The lowest BCUT2D eigenvalue weighted by atomic mass is 10.1. The Bertz CT molecular complexity index is 1040. The summed E-state index contributed by atoms with van der Waals surface area (Å²) in [6, 6.07) is 7.99. The van der Waals surface area contributed by atoms with Crippen LogP contribution in [0.4, 0.5) is 36.1 Å². The average Bonchev–Trinajstić information content (AvgIpc) is 2.87. The van der Waals surface area contributed by atoms with Gasteiger partial charge in [0.15, 0.2) is 5.82 Å². The maximum absolute atomic E-state index is 13.0. The van der Waals surface area contributed by atoms with Gasteiger partial charge in [-0.05, 0) is 55.0 Å². The highest BCUT2D eigenvalue weighted by Gasteiger charge is 2.46. The van der Waals surface area contributed by atoms with Crippen molar-refractivity contribution in [1.29, 1.82) is 0 Å². The van der Waals surface area contributed by atoms with Crippen molar-refractivity contribution in [1.82, 2.24) is 4.98 Å². The molecule has 7 nitrogen and oxygen atoms in total. The second kappa shape index (κ2) is 9.21. The highest BCUT2D eigenvalue weighted by Crippen LogP contribution is 2.39. The van der Waals surface area contributed by atoms with Crippen molar-refractivity contribution in [2.75, 3.05) is 22.7 Å². The minimum Gasteiger partial charge on any atom is -0.371 e. The quantitative estimate of drug-likeness (QED) is 0.578. The number of hydrogen-bond acceptors (Lipinski definition) is 6. The first-order valence-corrected chi connectivity index (χ1v) is 11.4. The van der Waals surface area contributed by atoms with E-state index >= 15 is 0 Å². The average molecular weight is 456 g/mol. The number of aromatic nitrogens is 1. The molecule has 1 aliphatic heterocycles. The largest absolute Gasteiger partial charge is 0.516 e. The van der Waals surface area contributed by atoms with E-state index in [-0.39, 0.29) is 17.2 Å². The highest BCUT2D eigenvalue weighted by atomic mass is 32.2. The summed E-state index contributed by atoms with van der Waals surface area (Å²) in [6.07, 6.45) is 4.05. The lowest BCUT2D eigenvalue weighted by Crippen LogP contribution is -2.31. The predicted molar refractivity (Wildman–Crippen MR) is 113 cm³/mol. The van der Waals surface area contributed by atoms with Crippen LogP contribution < -0.4 is 9.62 Å². The number of benzene rings is 1. The van der Waals surface area contributed by atoms with Crippen LogP contribution in [0.1, 0.15) is 32.3 Å². The molecule has 1 aliphatic rings. The van der Waals surface area contributed by atoms with E-state index in [0.29, 0.717) is 24.6 Å². The molecule has 0 aliphatic carbocycles. The second-order valence-electron chi connectivity index (χ2n) is 7.73. The molecule has 11 heteroatoms. The van der Waals surface area contributed by atoms with Crippen LogP contribution in [0, 0.1) is 5.92 Å². The topological polar surface area (TPSA) is 87.0 Å². The molecule has 1 aromatic carbocycles. The Balaban J connectivity index is 2.10. The molecule has 0 amide bonds. The van der Waals surface area contributed by atoms with Crippen LogP contribution in [-0.4, -0.2) is 32.0 Å². The molecule has 2 heterocycles. The van der Waals surface area contributed by atoms with Crippen LogP contribution in [-0.2, 0) is 16.4 Å². The van der Waals surface area contributed by atoms with Gasteiger partial charge in [-0.3, -0.25) is 4.72 Å². The Kier molecular flexibility index (Phi) is 6.83. The van der Waals surface area contributed by atoms with Crippen molar-refractivity contribution >= 4 is 32.9 Å². The van der Waals surface area contributed by atoms with Crippen molar-refractivity contribution in [2.24, 2.45) is 16.1 Å². The van der Waals surface area contributed by atoms with Crippen molar-refractivity contribution in [3.05, 3.63) is 42.1 Å². The number of anilines is 2. The number of halogens is 3. The zero-order valence-corrected chi connectivity index (χ0v) is 18.0. The molecule has 0 atom stereocenters. The van der Waals surface area contributed by atoms with Crippen LogP contribution in [0.25, 0.3) is 0 Å². The zero-order valence-electron chi connectivity index (χ0n) is 17.2. The number of hydrogen-bond donors (Lipinski definition) is 1. The first-order valence-electron chi connectivity index (χ1n) is 9.90. The highest BCUT2D eigenvalue weighted by molar-refractivity contribution is 7.93. The summed E-state index contributed by atoms with van der Waals surface area (Å²) in [5.74, 6) is 0.577. The van der Waals surface area contributed by atoms with Gasteiger partial charge >= 0.3 is 15.5 Å². The van der Waals surface area contributed by atoms with Crippen molar-refractivity contribution in [3.63, 3.8) is 0 Å². The summed E-state index contributed by atoms with van der Waals surface area (Å²) in [7, 11) is -5.62. The molecule has 2 aromatic rings. The minimum absolute atomic E-state index is 0.00336. The molecular formula is C20H24F3N5O2S. The lowest BCUT2D eigenvalue weighted by molar-refractivity contribution is -0.0429. The van der Waals surface area contributed by atoms with E-state index in [0.717, 1.165) is 24.9 Å². The molecule has 0 fully saturated rings. The summed E-state index contributed by atoms with van der Waals surface area (Å²) >= 11 is 0. The van der Waals surface area contributed by atoms with Crippen LogP contribution in [0.5, 0.6) is 0 Å². The Morgan fingerprint density at radius 3 is 2.61 bits per heavy atom. The number of alkyl halides is 3. The van der Waals surface area contributed by atoms with Gasteiger partial charge in [0, 0.05) is 25.0 Å². The molecule has 0 radical (unpaired) electrons. The fourth-order valence-electron chi connectivity index (χ4n) is 3.37. The Hall–Kier alpha value is -2.69. The third-order valence-corrected chi connectivity index (χ3v) is 5.80. The summed E-state index contributed by atoms with van der Waals surface area (Å²) in [6.45, 7) is 5.54. The van der Waals surface area contributed by atoms with Gasteiger partial charge in [0.25, 0.3) is 0 Å². The fourth-order valence-corrected chi connectivity index (χ4v) is 3.94. The van der Waals surface area contributed by atoms with Crippen molar-refractivity contribution in [3.8, 4) is 0 Å². The van der Waals surface area contributed by atoms with Gasteiger partial charge in [-0.25, -0.2) is 4.98 Å². The summed E-state index contributed by atoms with van der Waals surface area (Å²) in [4.78, 5) is 6.08. The van der Waals surface area contributed by atoms with Gasteiger partial charge in [0.1, 0.15) is 5.69 Å². The van der Waals surface area contributed by atoms with Gasteiger partial charge < -0.3 is 4.90 Å². The Labute approximate surface area is 179 Å². The standard InChI is InChI=1S/C20H24F3N5O2S/c1-14(2)13-28-10-6-4-7-15-11-16(25-26-19-8-3-5-9-24-19)17(12-18(15)28)27-31(29,30)20(21,22)23/h3,5,8-9,11-12,14,27H,4,6-7,10,13H2,1-2H3. The third kappa shape index (κ3) is 5.72. The predicted octanol–water partition coefficient (Wildman–Crippen LogP) is 5.56. The molecule has 168 valence electrons. The first-order chi connectivity index (χ1) is 14.6. The molecule has 0 spiro atoms. The zero-order chi connectivity index (χ0) is 22.6. The molecular weight excluding hydrogens is 431 g/mol. The second-order valence-corrected chi connectivity index (χ2v) is 9.41. The monoisotopic (exact) mass is 455 g/mol.